The second-order valence-electron chi connectivity index (χ2n) is 7.41. The Labute approximate surface area is 201 Å². The molecule has 0 aliphatic carbocycles. The summed E-state index contributed by atoms with van der Waals surface area (Å²) in [5, 5.41) is 2.72. The molecule has 33 heavy (non-hydrogen) atoms. The monoisotopic (exact) mass is 566 g/mol. The number of carbonyl (C=O) groups excluding carboxylic acids is 1. The SMILES string of the molecule is Cc1c(C2=CC=NC(C(F)(F)F)C2)ncn1CC(=O)Nc1ccc(-c2ccc(I)nc2)cn1. The zero-order chi connectivity index (χ0) is 23.6. The van der Waals surface area contributed by atoms with Crippen molar-refractivity contribution in [2.45, 2.75) is 32.1 Å². The Kier molecular flexibility index (Phi) is 6.58. The van der Waals surface area contributed by atoms with Gasteiger partial charge >= 0.3 is 6.18 Å². The molecule has 1 N–H and O–H groups in total. The Bertz CT molecular complexity index is 1220. The minimum absolute atomic E-state index is 0.0482. The largest absolute Gasteiger partial charge is 0.411 e. The van der Waals surface area contributed by atoms with E-state index < -0.39 is 12.2 Å². The number of nitrogens with one attached hydrogen (secondary N) is 1. The molecule has 0 aromatic carbocycles. The fourth-order valence-electron chi connectivity index (χ4n) is 3.38. The maximum atomic E-state index is 13.0. The lowest BCUT2D eigenvalue weighted by Crippen LogP contribution is -2.28. The molecule has 1 aliphatic rings. The highest BCUT2D eigenvalue weighted by Crippen LogP contribution is 2.33. The van der Waals surface area contributed by atoms with Gasteiger partial charge in [0.1, 0.15) is 22.1 Å². The van der Waals surface area contributed by atoms with Crippen LogP contribution in [0.5, 0.6) is 0 Å². The first-order valence-corrected chi connectivity index (χ1v) is 11.0. The predicted octanol–water partition coefficient (Wildman–Crippen LogP) is 4.68. The number of rotatable bonds is 5. The van der Waals surface area contributed by atoms with Crippen LogP contribution in [0.3, 0.4) is 0 Å². The van der Waals surface area contributed by atoms with Crippen molar-refractivity contribution in [1.82, 2.24) is 19.5 Å². The van der Waals surface area contributed by atoms with Gasteiger partial charge in [-0.2, -0.15) is 13.2 Å². The standard InChI is InChI=1S/C22H18F3IN6O/c1-13-21(14-6-7-27-17(8-14)22(23,24)25)30-12-32(13)11-20(33)31-19-5-3-16(10-29-19)15-2-4-18(26)28-9-15/h2-7,9-10,12,17H,8,11H2,1H3,(H,29,31,33). The van der Waals surface area contributed by atoms with Gasteiger partial charge in [-0.3, -0.25) is 9.79 Å². The molecule has 4 heterocycles. The van der Waals surface area contributed by atoms with Gasteiger partial charge in [-0.15, -0.1) is 0 Å². The Morgan fingerprint density at radius 1 is 1.15 bits per heavy atom. The number of hydrogen-bond acceptors (Lipinski definition) is 5. The van der Waals surface area contributed by atoms with Gasteiger partial charge in [0.25, 0.3) is 0 Å². The van der Waals surface area contributed by atoms with Crippen LogP contribution in [-0.2, 0) is 11.3 Å². The predicted molar refractivity (Wildman–Crippen MR) is 127 cm³/mol. The minimum atomic E-state index is -4.41. The van der Waals surface area contributed by atoms with E-state index in [9.17, 15) is 18.0 Å². The molecule has 1 unspecified atom stereocenters. The number of hydrogen-bond donors (Lipinski definition) is 1. The van der Waals surface area contributed by atoms with Gasteiger partial charge in [0.15, 0.2) is 0 Å². The number of alkyl halides is 3. The third-order valence-electron chi connectivity index (χ3n) is 5.14. The van der Waals surface area contributed by atoms with E-state index in [0.717, 1.165) is 21.0 Å². The third kappa shape index (κ3) is 5.46. The molecule has 0 bridgehead atoms. The normalized spacial score (nSPS) is 15.9. The molecule has 3 aromatic rings. The van der Waals surface area contributed by atoms with Gasteiger partial charge in [0.2, 0.25) is 5.91 Å². The number of aliphatic imine (C=N–C) groups is 1. The van der Waals surface area contributed by atoms with E-state index >= 15 is 0 Å². The Morgan fingerprint density at radius 3 is 2.52 bits per heavy atom. The molecule has 0 saturated heterocycles. The second-order valence-corrected chi connectivity index (χ2v) is 8.51. The van der Waals surface area contributed by atoms with Crippen molar-refractivity contribution in [3.63, 3.8) is 0 Å². The Hall–Kier alpha value is -3.09. The molecule has 7 nitrogen and oxygen atoms in total. The van der Waals surface area contributed by atoms with Crippen LogP contribution in [0.15, 0.2) is 54.1 Å². The zero-order valence-corrected chi connectivity index (χ0v) is 19.5. The number of nitrogens with zero attached hydrogens (tertiary/aromatic N) is 5. The molecule has 170 valence electrons. The number of carbonyl (C=O) groups is 1. The summed E-state index contributed by atoms with van der Waals surface area (Å²) in [5.74, 6) is 0.0602. The summed E-state index contributed by atoms with van der Waals surface area (Å²) in [7, 11) is 0. The summed E-state index contributed by atoms with van der Waals surface area (Å²) >= 11 is 2.13. The van der Waals surface area contributed by atoms with Crippen molar-refractivity contribution < 1.29 is 18.0 Å². The number of aromatic nitrogens is 4. The first-order chi connectivity index (χ1) is 15.7. The fourth-order valence-corrected chi connectivity index (χ4v) is 3.70. The van der Waals surface area contributed by atoms with Crippen LogP contribution < -0.4 is 5.32 Å². The molecule has 1 atom stereocenters. The molecule has 0 spiro atoms. The minimum Gasteiger partial charge on any atom is -0.325 e. The summed E-state index contributed by atoms with van der Waals surface area (Å²) in [6.07, 6.45) is 2.83. The molecular formula is C22H18F3IN6O. The summed E-state index contributed by atoms with van der Waals surface area (Å²) < 4.78 is 41.5. The number of pyridine rings is 2. The molecule has 4 rings (SSSR count). The fraction of sp³-hybridized carbons (Fsp3) is 0.227. The summed E-state index contributed by atoms with van der Waals surface area (Å²) in [6.45, 7) is 1.67. The molecule has 0 fully saturated rings. The highest BCUT2D eigenvalue weighted by atomic mass is 127. The van der Waals surface area contributed by atoms with E-state index in [2.05, 4.69) is 47.9 Å². The average molecular weight is 566 g/mol. The molecule has 0 radical (unpaired) electrons. The summed E-state index contributed by atoms with van der Waals surface area (Å²) in [4.78, 5) is 28.8. The van der Waals surface area contributed by atoms with Gasteiger partial charge in [-0.1, -0.05) is 6.07 Å². The van der Waals surface area contributed by atoms with E-state index in [1.807, 2.05) is 18.2 Å². The molecule has 1 aliphatic heterocycles. The van der Waals surface area contributed by atoms with Crippen LogP contribution >= 0.6 is 22.6 Å². The van der Waals surface area contributed by atoms with Gasteiger partial charge in [0, 0.05) is 41.8 Å². The van der Waals surface area contributed by atoms with Crippen LogP contribution in [0.1, 0.15) is 17.8 Å². The van der Waals surface area contributed by atoms with Gasteiger partial charge in [0.05, 0.1) is 12.0 Å². The lowest BCUT2D eigenvalue weighted by Gasteiger charge is -2.20. The number of dihydropyridines is 1. The van der Waals surface area contributed by atoms with Crippen molar-refractivity contribution in [2.24, 2.45) is 4.99 Å². The van der Waals surface area contributed by atoms with E-state index in [1.165, 1.54) is 12.4 Å². The van der Waals surface area contributed by atoms with Crippen LogP contribution in [0.4, 0.5) is 19.0 Å². The first kappa shape index (κ1) is 23.1. The van der Waals surface area contributed by atoms with E-state index in [4.69, 9.17) is 0 Å². The highest BCUT2D eigenvalue weighted by Gasteiger charge is 2.40. The first-order valence-electron chi connectivity index (χ1n) is 9.89. The summed E-state index contributed by atoms with van der Waals surface area (Å²) in [6, 6.07) is 5.58. The molecule has 3 aromatic heterocycles. The highest BCUT2D eigenvalue weighted by molar-refractivity contribution is 14.1. The van der Waals surface area contributed by atoms with E-state index in [-0.39, 0.29) is 18.9 Å². The summed E-state index contributed by atoms with van der Waals surface area (Å²) in [5.41, 5.74) is 3.25. The van der Waals surface area contributed by atoms with Gasteiger partial charge in [-0.05, 0) is 59.4 Å². The van der Waals surface area contributed by atoms with Crippen LogP contribution in [0.2, 0.25) is 0 Å². The van der Waals surface area contributed by atoms with Gasteiger partial charge in [-0.25, -0.2) is 15.0 Å². The number of anilines is 1. The van der Waals surface area contributed by atoms with Crippen LogP contribution in [-0.4, -0.2) is 43.9 Å². The lowest BCUT2D eigenvalue weighted by molar-refractivity contribution is -0.145. The van der Waals surface area contributed by atoms with Crippen LogP contribution in [0.25, 0.3) is 16.7 Å². The van der Waals surface area contributed by atoms with Crippen molar-refractivity contribution in [3.8, 4) is 11.1 Å². The van der Waals surface area contributed by atoms with Crippen LogP contribution in [0, 0.1) is 10.6 Å². The molecular weight excluding hydrogens is 548 g/mol. The molecule has 1 amide bonds. The number of halogens is 4. The maximum absolute atomic E-state index is 13.0. The Morgan fingerprint density at radius 2 is 1.88 bits per heavy atom. The smallest absolute Gasteiger partial charge is 0.325 e. The maximum Gasteiger partial charge on any atom is 0.411 e. The zero-order valence-electron chi connectivity index (χ0n) is 17.3. The van der Waals surface area contributed by atoms with Crippen molar-refractivity contribution in [3.05, 3.63) is 64.2 Å². The number of imidazole rings is 1. The van der Waals surface area contributed by atoms with Gasteiger partial charge < -0.3 is 9.88 Å². The Balaban J connectivity index is 1.40. The second kappa shape index (κ2) is 9.41. The average Bonchev–Trinajstić information content (AvgIpc) is 3.14. The third-order valence-corrected chi connectivity index (χ3v) is 5.78. The topological polar surface area (TPSA) is 85.1 Å². The quantitative estimate of drug-likeness (QED) is 0.359. The molecule has 11 heteroatoms. The number of amides is 1. The van der Waals surface area contributed by atoms with Crippen molar-refractivity contribution in [2.75, 3.05) is 5.32 Å². The molecule has 0 saturated carbocycles. The van der Waals surface area contributed by atoms with Crippen molar-refractivity contribution >= 4 is 46.1 Å². The lowest BCUT2D eigenvalue weighted by atomic mass is 9.99. The van der Waals surface area contributed by atoms with Crippen molar-refractivity contribution in [1.29, 1.82) is 0 Å². The van der Waals surface area contributed by atoms with E-state index in [0.29, 0.717) is 22.8 Å². The van der Waals surface area contributed by atoms with E-state index in [1.54, 1.807) is 30.0 Å². The number of allylic oxidation sites excluding steroid dienone is 1.